The van der Waals surface area contributed by atoms with E-state index < -0.39 is 10.0 Å². The maximum Gasteiger partial charge on any atom is 0.227 e. The van der Waals surface area contributed by atoms with E-state index in [1.165, 1.54) is 10.6 Å². The molecular formula is C23H31N5O4S. The zero-order valence-corrected chi connectivity index (χ0v) is 20.2. The maximum atomic E-state index is 12.3. The first-order chi connectivity index (χ1) is 15.7. The average Bonchev–Trinajstić information content (AvgIpc) is 3.60. The SMILES string of the molecule is Cc1ncnc(C)c1-c1cc(NC(=O)C2CC2)ccc1OCCN1CCN(S(C)(=O)=O)CC1. The Morgan fingerprint density at radius 2 is 1.79 bits per heavy atom. The molecule has 33 heavy (non-hydrogen) atoms. The molecule has 0 radical (unpaired) electrons. The van der Waals surface area contributed by atoms with Gasteiger partial charge >= 0.3 is 0 Å². The molecule has 1 N–H and O–H groups in total. The third-order valence-corrected chi connectivity index (χ3v) is 7.46. The zero-order chi connectivity index (χ0) is 23.6. The van der Waals surface area contributed by atoms with Crippen molar-refractivity contribution in [2.45, 2.75) is 26.7 Å². The van der Waals surface area contributed by atoms with Gasteiger partial charge in [0, 0.05) is 66.8 Å². The molecule has 2 fully saturated rings. The summed E-state index contributed by atoms with van der Waals surface area (Å²) < 4.78 is 31.1. The lowest BCUT2D eigenvalue weighted by Gasteiger charge is -2.33. The number of nitrogens with one attached hydrogen (secondary N) is 1. The van der Waals surface area contributed by atoms with Crippen LogP contribution in [0.15, 0.2) is 24.5 Å². The number of hydrogen-bond acceptors (Lipinski definition) is 7. The second-order valence-corrected chi connectivity index (χ2v) is 10.7. The van der Waals surface area contributed by atoms with Crippen molar-refractivity contribution in [1.29, 1.82) is 0 Å². The van der Waals surface area contributed by atoms with Gasteiger partial charge in [-0.15, -0.1) is 0 Å². The highest BCUT2D eigenvalue weighted by molar-refractivity contribution is 7.88. The number of rotatable bonds is 8. The molecule has 2 aromatic rings. The molecule has 1 aliphatic heterocycles. The summed E-state index contributed by atoms with van der Waals surface area (Å²) in [6.07, 6.45) is 4.69. The topological polar surface area (TPSA) is 105 Å². The molecule has 1 saturated heterocycles. The summed E-state index contributed by atoms with van der Waals surface area (Å²) in [7, 11) is -3.14. The lowest BCUT2D eigenvalue weighted by Crippen LogP contribution is -2.49. The minimum Gasteiger partial charge on any atom is -0.492 e. The van der Waals surface area contributed by atoms with Gasteiger partial charge in [-0.05, 0) is 44.9 Å². The Morgan fingerprint density at radius 1 is 1.12 bits per heavy atom. The normalized spacial score (nSPS) is 17.7. The van der Waals surface area contributed by atoms with Crippen LogP contribution in [-0.4, -0.2) is 79.1 Å². The van der Waals surface area contributed by atoms with Crippen LogP contribution in [-0.2, 0) is 14.8 Å². The van der Waals surface area contributed by atoms with Crippen LogP contribution in [0.1, 0.15) is 24.2 Å². The summed E-state index contributed by atoms with van der Waals surface area (Å²) in [6.45, 7) is 7.39. The standard InChI is InChI=1S/C23H31N5O4S/c1-16-22(17(2)25-15-24-16)20-14-19(26-23(29)18-4-5-18)6-7-21(20)32-13-12-27-8-10-28(11-9-27)33(3,30)31/h6-7,14-15,18H,4-5,8-13H2,1-3H3,(H,26,29). The van der Waals surface area contributed by atoms with Crippen molar-refractivity contribution in [1.82, 2.24) is 19.2 Å². The molecule has 1 aromatic carbocycles. The zero-order valence-electron chi connectivity index (χ0n) is 19.4. The number of aromatic nitrogens is 2. The van der Waals surface area contributed by atoms with Crippen molar-refractivity contribution in [2.24, 2.45) is 5.92 Å². The van der Waals surface area contributed by atoms with Gasteiger partial charge in [-0.25, -0.2) is 18.4 Å². The molecule has 0 spiro atoms. The molecule has 0 bridgehead atoms. The monoisotopic (exact) mass is 473 g/mol. The molecule has 9 nitrogen and oxygen atoms in total. The molecule has 2 heterocycles. The second kappa shape index (κ2) is 9.74. The lowest BCUT2D eigenvalue weighted by molar-refractivity contribution is -0.117. The highest BCUT2D eigenvalue weighted by Crippen LogP contribution is 2.36. The fourth-order valence-corrected chi connectivity index (χ4v) is 4.90. The van der Waals surface area contributed by atoms with Crippen molar-refractivity contribution >= 4 is 21.6 Å². The van der Waals surface area contributed by atoms with E-state index in [2.05, 4.69) is 20.2 Å². The van der Waals surface area contributed by atoms with Crippen LogP contribution in [0.4, 0.5) is 5.69 Å². The van der Waals surface area contributed by atoms with Gasteiger partial charge in [-0.2, -0.15) is 4.31 Å². The number of nitrogens with zero attached hydrogens (tertiary/aromatic N) is 4. The Balaban J connectivity index is 1.47. The summed E-state index contributed by atoms with van der Waals surface area (Å²) in [5.74, 6) is 0.881. The smallest absolute Gasteiger partial charge is 0.227 e. The first-order valence-corrected chi connectivity index (χ1v) is 13.1. The average molecular weight is 474 g/mol. The van der Waals surface area contributed by atoms with Gasteiger partial charge in [0.05, 0.1) is 6.26 Å². The van der Waals surface area contributed by atoms with Crippen LogP contribution >= 0.6 is 0 Å². The minimum absolute atomic E-state index is 0.0561. The molecule has 178 valence electrons. The Bertz CT molecular complexity index is 1110. The van der Waals surface area contributed by atoms with Gasteiger partial charge in [-0.1, -0.05) is 0 Å². The van der Waals surface area contributed by atoms with E-state index in [-0.39, 0.29) is 11.8 Å². The Labute approximate surface area is 195 Å². The van der Waals surface area contributed by atoms with Crippen LogP contribution in [0.3, 0.4) is 0 Å². The number of anilines is 1. The highest BCUT2D eigenvalue weighted by Gasteiger charge is 2.30. The number of sulfonamides is 1. The highest BCUT2D eigenvalue weighted by atomic mass is 32.2. The fourth-order valence-electron chi connectivity index (χ4n) is 4.07. The molecule has 4 rings (SSSR count). The van der Waals surface area contributed by atoms with E-state index in [1.54, 1.807) is 6.33 Å². The van der Waals surface area contributed by atoms with Crippen LogP contribution < -0.4 is 10.1 Å². The van der Waals surface area contributed by atoms with Crippen molar-refractivity contribution < 1.29 is 17.9 Å². The molecule has 2 aliphatic rings. The molecule has 1 saturated carbocycles. The molecule has 1 amide bonds. The summed E-state index contributed by atoms with van der Waals surface area (Å²) >= 11 is 0. The van der Waals surface area contributed by atoms with E-state index in [0.29, 0.717) is 45.1 Å². The summed E-state index contributed by atoms with van der Waals surface area (Å²) in [6, 6.07) is 5.67. The van der Waals surface area contributed by atoms with Crippen LogP contribution in [0.5, 0.6) is 5.75 Å². The number of piperazine rings is 1. The van der Waals surface area contributed by atoms with Crippen molar-refractivity contribution in [3.8, 4) is 16.9 Å². The molecule has 0 unspecified atom stereocenters. The third-order valence-electron chi connectivity index (χ3n) is 6.16. The van der Waals surface area contributed by atoms with Gasteiger partial charge in [0.15, 0.2) is 0 Å². The van der Waals surface area contributed by atoms with Gasteiger partial charge < -0.3 is 10.1 Å². The molecular weight excluding hydrogens is 442 g/mol. The number of hydrogen-bond donors (Lipinski definition) is 1. The number of amides is 1. The number of carbonyl (C=O) groups is 1. The number of ether oxygens (including phenoxy) is 1. The minimum atomic E-state index is -3.14. The van der Waals surface area contributed by atoms with E-state index in [9.17, 15) is 13.2 Å². The molecule has 0 atom stereocenters. The quantitative estimate of drug-likeness (QED) is 0.626. The first kappa shape index (κ1) is 23.6. The van der Waals surface area contributed by atoms with Crippen molar-refractivity contribution in [3.05, 3.63) is 35.9 Å². The van der Waals surface area contributed by atoms with Gasteiger partial charge in [0.25, 0.3) is 0 Å². The van der Waals surface area contributed by atoms with E-state index >= 15 is 0 Å². The third kappa shape index (κ3) is 5.87. The van der Waals surface area contributed by atoms with Crippen molar-refractivity contribution in [2.75, 3.05) is 50.9 Å². The predicted molar refractivity (Wildman–Crippen MR) is 127 cm³/mol. The fraction of sp³-hybridized carbons (Fsp3) is 0.522. The summed E-state index contributed by atoms with van der Waals surface area (Å²) in [5.41, 5.74) is 4.16. The second-order valence-electron chi connectivity index (χ2n) is 8.75. The molecule has 10 heteroatoms. The Hall–Kier alpha value is -2.56. The number of benzene rings is 1. The Morgan fingerprint density at radius 3 is 2.39 bits per heavy atom. The van der Waals surface area contributed by atoms with Crippen LogP contribution in [0, 0.1) is 19.8 Å². The van der Waals surface area contributed by atoms with Gasteiger partial charge in [-0.3, -0.25) is 9.69 Å². The first-order valence-electron chi connectivity index (χ1n) is 11.3. The molecule has 1 aromatic heterocycles. The summed E-state index contributed by atoms with van der Waals surface area (Å²) in [4.78, 5) is 23.2. The lowest BCUT2D eigenvalue weighted by atomic mass is 10.0. The maximum absolute atomic E-state index is 12.3. The van der Waals surface area contributed by atoms with E-state index in [1.807, 2.05) is 32.0 Å². The van der Waals surface area contributed by atoms with Crippen molar-refractivity contribution in [3.63, 3.8) is 0 Å². The number of aryl methyl sites for hydroxylation is 2. The largest absolute Gasteiger partial charge is 0.492 e. The van der Waals surface area contributed by atoms with Gasteiger partial charge in [0.2, 0.25) is 15.9 Å². The van der Waals surface area contributed by atoms with Crippen LogP contribution in [0.25, 0.3) is 11.1 Å². The predicted octanol–water partition coefficient (Wildman–Crippen LogP) is 2.06. The van der Waals surface area contributed by atoms with Gasteiger partial charge in [0.1, 0.15) is 18.7 Å². The van der Waals surface area contributed by atoms with E-state index in [0.717, 1.165) is 41.0 Å². The molecule has 1 aliphatic carbocycles. The van der Waals surface area contributed by atoms with Crippen LogP contribution in [0.2, 0.25) is 0 Å². The Kier molecular flexibility index (Phi) is 6.96. The summed E-state index contributed by atoms with van der Waals surface area (Å²) in [5, 5.41) is 3.01. The number of carbonyl (C=O) groups excluding carboxylic acids is 1. The van der Waals surface area contributed by atoms with E-state index in [4.69, 9.17) is 4.74 Å².